The molecule has 1 N–H and O–H groups in total. The van der Waals surface area contributed by atoms with Gasteiger partial charge >= 0.3 is 5.97 Å². The van der Waals surface area contributed by atoms with Gasteiger partial charge in [-0.1, -0.05) is 13.8 Å². The summed E-state index contributed by atoms with van der Waals surface area (Å²) in [6.45, 7) is 8.00. The number of aliphatic carboxylic acids is 1. The number of carbonyl (C=O) groups excluding carboxylic acids is 1. The molecule has 1 amide bonds. The molecule has 1 rings (SSSR count). The maximum absolute atomic E-state index is 12.1. The van der Waals surface area contributed by atoms with E-state index in [1.165, 1.54) is 0 Å². The van der Waals surface area contributed by atoms with Gasteiger partial charge in [-0.25, -0.2) is 4.79 Å². The van der Waals surface area contributed by atoms with E-state index in [1.807, 2.05) is 0 Å². The summed E-state index contributed by atoms with van der Waals surface area (Å²) in [5.41, 5.74) is 0. The third kappa shape index (κ3) is 5.12. The molecule has 1 heterocycles. The summed E-state index contributed by atoms with van der Waals surface area (Å²) >= 11 is 0. The summed E-state index contributed by atoms with van der Waals surface area (Å²) in [4.78, 5) is 27.1. The lowest BCUT2D eigenvalue weighted by Gasteiger charge is -2.23. The van der Waals surface area contributed by atoms with Crippen molar-refractivity contribution in [3.8, 4) is 0 Å². The lowest BCUT2D eigenvalue weighted by atomic mass is 10.2. The van der Waals surface area contributed by atoms with Crippen molar-refractivity contribution in [1.29, 1.82) is 0 Å². The predicted molar refractivity (Wildman–Crippen MR) is 78.6 cm³/mol. The van der Waals surface area contributed by atoms with E-state index in [2.05, 4.69) is 18.7 Å². The number of rotatable bonds is 9. The number of carboxylic acids is 1. The molecule has 5 nitrogen and oxygen atoms in total. The molecule has 0 aromatic carbocycles. The molecule has 1 saturated heterocycles. The van der Waals surface area contributed by atoms with Gasteiger partial charge < -0.3 is 14.9 Å². The molecule has 0 bridgehead atoms. The van der Waals surface area contributed by atoms with Gasteiger partial charge in [0.05, 0.1) is 0 Å². The Labute approximate surface area is 121 Å². The van der Waals surface area contributed by atoms with E-state index in [0.717, 1.165) is 45.3 Å². The maximum Gasteiger partial charge on any atom is 0.326 e. The Morgan fingerprint density at radius 2 is 1.85 bits per heavy atom. The van der Waals surface area contributed by atoms with Crippen molar-refractivity contribution < 1.29 is 14.7 Å². The van der Waals surface area contributed by atoms with Crippen molar-refractivity contribution in [2.75, 3.05) is 26.2 Å². The summed E-state index contributed by atoms with van der Waals surface area (Å²) in [5.74, 6) is -0.864. The smallest absolute Gasteiger partial charge is 0.326 e. The zero-order valence-corrected chi connectivity index (χ0v) is 12.8. The molecule has 0 unspecified atom stereocenters. The number of hydrogen-bond donors (Lipinski definition) is 1. The van der Waals surface area contributed by atoms with Crippen LogP contribution in [0.4, 0.5) is 0 Å². The normalized spacial score (nSPS) is 18.8. The van der Waals surface area contributed by atoms with Gasteiger partial charge in [-0.05, 0) is 51.7 Å². The number of likely N-dealkylation sites (tertiary alicyclic amines) is 1. The highest BCUT2D eigenvalue weighted by molar-refractivity contribution is 5.84. The zero-order valence-electron chi connectivity index (χ0n) is 12.8. The van der Waals surface area contributed by atoms with Crippen LogP contribution in [0.25, 0.3) is 0 Å². The summed E-state index contributed by atoms with van der Waals surface area (Å²) in [7, 11) is 0. The molecule has 0 aliphatic carbocycles. The molecule has 20 heavy (non-hydrogen) atoms. The van der Waals surface area contributed by atoms with Crippen molar-refractivity contribution in [3.63, 3.8) is 0 Å². The zero-order chi connectivity index (χ0) is 15.0. The van der Waals surface area contributed by atoms with Gasteiger partial charge in [0.1, 0.15) is 6.04 Å². The number of carboxylic acid groups (broad SMARTS) is 1. The second kappa shape index (κ2) is 8.95. The number of nitrogens with zero attached hydrogens (tertiary/aromatic N) is 2. The molecular formula is C15H28N2O3. The van der Waals surface area contributed by atoms with Crippen LogP contribution in [0.3, 0.4) is 0 Å². The Bertz CT molecular complexity index is 314. The highest BCUT2D eigenvalue weighted by atomic mass is 16.4. The molecule has 5 heteroatoms. The fourth-order valence-electron chi connectivity index (χ4n) is 2.89. The van der Waals surface area contributed by atoms with Crippen LogP contribution in [0.2, 0.25) is 0 Å². The van der Waals surface area contributed by atoms with E-state index in [1.54, 1.807) is 4.90 Å². The first-order valence-corrected chi connectivity index (χ1v) is 7.84. The Kier molecular flexibility index (Phi) is 7.59. The first kappa shape index (κ1) is 17.0. The van der Waals surface area contributed by atoms with E-state index >= 15 is 0 Å². The van der Waals surface area contributed by atoms with E-state index in [-0.39, 0.29) is 5.91 Å². The molecule has 0 spiro atoms. The van der Waals surface area contributed by atoms with Crippen molar-refractivity contribution in [2.24, 2.45) is 0 Å². The lowest BCUT2D eigenvalue weighted by Crippen LogP contribution is -2.40. The third-order valence-corrected chi connectivity index (χ3v) is 3.80. The Morgan fingerprint density at radius 1 is 1.20 bits per heavy atom. The fourth-order valence-corrected chi connectivity index (χ4v) is 2.89. The van der Waals surface area contributed by atoms with Gasteiger partial charge in [-0.3, -0.25) is 4.79 Å². The minimum absolute atomic E-state index is 0.00264. The van der Waals surface area contributed by atoms with E-state index in [0.29, 0.717) is 19.4 Å². The fraction of sp³-hybridized carbons (Fsp3) is 0.867. The van der Waals surface area contributed by atoms with Crippen LogP contribution in [0.1, 0.15) is 52.4 Å². The maximum atomic E-state index is 12.1. The molecule has 1 aliphatic rings. The minimum atomic E-state index is -0.866. The van der Waals surface area contributed by atoms with Crippen LogP contribution >= 0.6 is 0 Å². The molecule has 0 saturated carbocycles. The molecule has 0 aromatic rings. The van der Waals surface area contributed by atoms with Crippen LogP contribution < -0.4 is 0 Å². The van der Waals surface area contributed by atoms with Crippen LogP contribution in [-0.4, -0.2) is 59.0 Å². The van der Waals surface area contributed by atoms with Gasteiger partial charge in [0, 0.05) is 13.0 Å². The van der Waals surface area contributed by atoms with Crippen molar-refractivity contribution in [2.45, 2.75) is 58.4 Å². The molecule has 1 atom stereocenters. The average Bonchev–Trinajstić information content (AvgIpc) is 2.88. The molecule has 1 fully saturated rings. The second-order valence-electron chi connectivity index (χ2n) is 5.53. The number of amides is 1. The Balaban J connectivity index is 2.33. The second-order valence-corrected chi connectivity index (χ2v) is 5.53. The van der Waals surface area contributed by atoms with Gasteiger partial charge in [0.15, 0.2) is 0 Å². The topological polar surface area (TPSA) is 60.9 Å². The van der Waals surface area contributed by atoms with Gasteiger partial charge in [0.2, 0.25) is 5.91 Å². The summed E-state index contributed by atoms with van der Waals surface area (Å²) in [6, 6.07) is -0.593. The van der Waals surface area contributed by atoms with Crippen LogP contribution in [-0.2, 0) is 9.59 Å². The molecule has 0 radical (unpaired) electrons. The SMILES string of the molecule is CCCN(CCC)CCCC(=O)N1CCC[C@@H]1C(=O)O. The van der Waals surface area contributed by atoms with Crippen molar-refractivity contribution >= 4 is 11.9 Å². The standard InChI is InChI=1S/C15H28N2O3/c1-3-9-16(10-4-2)11-6-8-14(18)17-12-5-7-13(17)15(19)20/h13H,3-12H2,1-2H3,(H,19,20)/t13-/m1/s1. The van der Waals surface area contributed by atoms with Crippen LogP contribution in [0, 0.1) is 0 Å². The van der Waals surface area contributed by atoms with Crippen molar-refractivity contribution in [3.05, 3.63) is 0 Å². The molecule has 116 valence electrons. The Morgan fingerprint density at radius 3 is 2.40 bits per heavy atom. The van der Waals surface area contributed by atoms with Gasteiger partial charge in [-0.15, -0.1) is 0 Å². The lowest BCUT2D eigenvalue weighted by molar-refractivity contribution is -0.148. The van der Waals surface area contributed by atoms with E-state index in [9.17, 15) is 9.59 Å². The van der Waals surface area contributed by atoms with Crippen molar-refractivity contribution in [1.82, 2.24) is 9.80 Å². The van der Waals surface area contributed by atoms with Crippen LogP contribution in [0.15, 0.2) is 0 Å². The summed E-state index contributed by atoms with van der Waals surface area (Å²) in [6.07, 6.45) is 4.94. The van der Waals surface area contributed by atoms with Crippen LogP contribution in [0.5, 0.6) is 0 Å². The summed E-state index contributed by atoms with van der Waals surface area (Å²) in [5, 5.41) is 9.08. The Hall–Kier alpha value is -1.10. The average molecular weight is 284 g/mol. The summed E-state index contributed by atoms with van der Waals surface area (Å²) < 4.78 is 0. The predicted octanol–water partition coefficient (Wildman–Crippen LogP) is 1.96. The van der Waals surface area contributed by atoms with E-state index in [4.69, 9.17) is 5.11 Å². The first-order valence-electron chi connectivity index (χ1n) is 7.84. The third-order valence-electron chi connectivity index (χ3n) is 3.80. The number of hydrogen-bond acceptors (Lipinski definition) is 3. The highest BCUT2D eigenvalue weighted by Gasteiger charge is 2.33. The minimum Gasteiger partial charge on any atom is -0.480 e. The number of carbonyl (C=O) groups is 2. The quantitative estimate of drug-likeness (QED) is 0.703. The first-order chi connectivity index (χ1) is 9.60. The van der Waals surface area contributed by atoms with E-state index < -0.39 is 12.0 Å². The van der Waals surface area contributed by atoms with Gasteiger partial charge in [-0.2, -0.15) is 0 Å². The molecule has 0 aromatic heterocycles. The largest absolute Gasteiger partial charge is 0.480 e. The molecule has 1 aliphatic heterocycles. The monoisotopic (exact) mass is 284 g/mol. The van der Waals surface area contributed by atoms with Gasteiger partial charge in [0.25, 0.3) is 0 Å². The molecular weight excluding hydrogens is 256 g/mol. The highest BCUT2D eigenvalue weighted by Crippen LogP contribution is 2.18.